The van der Waals surface area contributed by atoms with E-state index in [-0.39, 0.29) is 17.9 Å². The van der Waals surface area contributed by atoms with Crippen molar-refractivity contribution in [3.63, 3.8) is 0 Å². The van der Waals surface area contributed by atoms with Gasteiger partial charge in [0.2, 0.25) is 0 Å². The summed E-state index contributed by atoms with van der Waals surface area (Å²) in [7, 11) is 0. The summed E-state index contributed by atoms with van der Waals surface area (Å²) < 4.78 is 5.19. The first kappa shape index (κ1) is 17.2. The quantitative estimate of drug-likeness (QED) is 0.634. The van der Waals surface area contributed by atoms with E-state index in [1.54, 1.807) is 24.3 Å². The lowest BCUT2D eigenvalue weighted by atomic mass is 10.2. The van der Waals surface area contributed by atoms with Crippen LogP contribution in [0.15, 0.2) is 48.5 Å². The maximum Gasteiger partial charge on any atom is 0.282 e. The number of rotatable bonds is 5. The molecule has 0 bridgehead atoms. The second kappa shape index (κ2) is 7.93. The number of halogens is 1. The van der Waals surface area contributed by atoms with Crippen molar-refractivity contribution in [2.24, 2.45) is 0 Å². The standard InChI is InChI=1S/C15H12ClN3O5/c16-10-5-7-11(8-6-10)24-9-14(20)17-18-15(21)12-3-1-2-4-13(12)19(22)23/h1-8H,9H2,(H,17,20)(H,18,21). The topological polar surface area (TPSA) is 111 Å². The Morgan fingerprint density at radius 3 is 2.42 bits per heavy atom. The number of para-hydroxylation sites is 1. The molecule has 0 aromatic heterocycles. The molecule has 0 fully saturated rings. The van der Waals surface area contributed by atoms with Gasteiger partial charge in [-0.1, -0.05) is 23.7 Å². The van der Waals surface area contributed by atoms with Gasteiger partial charge in [-0.15, -0.1) is 0 Å². The van der Waals surface area contributed by atoms with Crippen molar-refractivity contribution in [1.82, 2.24) is 10.9 Å². The van der Waals surface area contributed by atoms with Crippen LogP contribution in [0.1, 0.15) is 10.4 Å². The van der Waals surface area contributed by atoms with Gasteiger partial charge in [-0.25, -0.2) is 0 Å². The van der Waals surface area contributed by atoms with Gasteiger partial charge in [0.05, 0.1) is 4.92 Å². The normalized spacial score (nSPS) is 9.88. The molecule has 0 spiro atoms. The predicted octanol–water partition coefficient (Wildman–Crippen LogP) is 2.09. The smallest absolute Gasteiger partial charge is 0.282 e. The Labute approximate surface area is 141 Å². The number of hydrazine groups is 1. The molecular weight excluding hydrogens is 338 g/mol. The molecule has 2 amide bonds. The monoisotopic (exact) mass is 349 g/mol. The van der Waals surface area contributed by atoms with Crippen LogP contribution in [0.25, 0.3) is 0 Å². The van der Waals surface area contributed by atoms with Crippen molar-refractivity contribution < 1.29 is 19.2 Å². The number of ether oxygens (including phenoxy) is 1. The van der Waals surface area contributed by atoms with Gasteiger partial charge < -0.3 is 4.74 Å². The van der Waals surface area contributed by atoms with Gasteiger partial charge in [-0.2, -0.15) is 0 Å². The van der Waals surface area contributed by atoms with E-state index in [0.29, 0.717) is 10.8 Å². The largest absolute Gasteiger partial charge is 0.484 e. The molecule has 2 aromatic rings. The number of hydrogen-bond acceptors (Lipinski definition) is 5. The summed E-state index contributed by atoms with van der Waals surface area (Å²) in [5.74, 6) is -1.00. The summed E-state index contributed by atoms with van der Waals surface area (Å²) >= 11 is 5.72. The van der Waals surface area contributed by atoms with Gasteiger partial charge >= 0.3 is 0 Å². The summed E-state index contributed by atoms with van der Waals surface area (Å²) in [6, 6.07) is 11.8. The molecule has 0 aliphatic rings. The Bertz CT molecular complexity index is 764. The molecule has 0 radical (unpaired) electrons. The van der Waals surface area contributed by atoms with E-state index in [0.717, 1.165) is 0 Å². The molecule has 0 aliphatic carbocycles. The van der Waals surface area contributed by atoms with Gasteiger partial charge in [0, 0.05) is 11.1 Å². The zero-order chi connectivity index (χ0) is 17.5. The molecule has 0 aliphatic heterocycles. The van der Waals surface area contributed by atoms with Crippen LogP contribution in [0.3, 0.4) is 0 Å². The first-order valence-electron chi connectivity index (χ1n) is 6.68. The van der Waals surface area contributed by atoms with Gasteiger partial charge in [0.15, 0.2) is 6.61 Å². The lowest BCUT2D eigenvalue weighted by molar-refractivity contribution is -0.385. The van der Waals surface area contributed by atoms with Gasteiger partial charge in [0.25, 0.3) is 17.5 Å². The second-order valence-electron chi connectivity index (χ2n) is 4.52. The number of benzene rings is 2. The molecule has 0 atom stereocenters. The predicted molar refractivity (Wildman–Crippen MR) is 85.7 cm³/mol. The molecule has 2 aromatic carbocycles. The number of carbonyl (C=O) groups is 2. The maximum atomic E-state index is 11.9. The summed E-state index contributed by atoms with van der Waals surface area (Å²) in [6.07, 6.45) is 0. The highest BCUT2D eigenvalue weighted by molar-refractivity contribution is 6.30. The van der Waals surface area contributed by atoms with Crippen LogP contribution >= 0.6 is 11.6 Å². The number of nitrogens with zero attached hydrogens (tertiary/aromatic N) is 1. The highest BCUT2D eigenvalue weighted by Gasteiger charge is 2.19. The fraction of sp³-hybridized carbons (Fsp3) is 0.0667. The third kappa shape index (κ3) is 4.68. The first-order valence-corrected chi connectivity index (χ1v) is 7.06. The van der Waals surface area contributed by atoms with Crippen LogP contribution in [-0.4, -0.2) is 23.3 Å². The van der Waals surface area contributed by atoms with E-state index < -0.39 is 16.7 Å². The van der Waals surface area contributed by atoms with E-state index >= 15 is 0 Å². The molecule has 0 saturated carbocycles. The molecular formula is C15H12ClN3O5. The molecule has 0 unspecified atom stereocenters. The Balaban J connectivity index is 1.86. The van der Waals surface area contributed by atoms with Crippen LogP contribution < -0.4 is 15.6 Å². The van der Waals surface area contributed by atoms with Gasteiger partial charge in [-0.05, 0) is 30.3 Å². The van der Waals surface area contributed by atoms with Crippen molar-refractivity contribution >= 4 is 29.1 Å². The van der Waals surface area contributed by atoms with Crippen LogP contribution in [0.5, 0.6) is 5.75 Å². The number of amides is 2. The van der Waals surface area contributed by atoms with E-state index in [2.05, 4.69) is 10.9 Å². The Morgan fingerprint density at radius 2 is 1.75 bits per heavy atom. The van der Waals surface area contributed by atoms with Gasteiger partial charge in [-0.3, -0.25) is 30.6 Å². The minimum absolute atomic E-state index is 0.165. The van der Waals surface area contributed by atoms with Crippen molar-refractivity contribution in [3.8, 4) is 5.75 Å². The first-order chi connectivity index (χ1) is 11.5. The fourth-order valence-electron chi connectivity index (χ4n) is 1.73. The van der Waals surface area contributed by atoms with E-state index in [1.807, 2.05) is 0 Å². The zero-order valence-corrected chi connectivity index (χ0v) is 12.9. The van der Waals surface area contributed by atoms with Crippen molar-refractivity contribution in [3.05, 3.63) is 69.2 Å². The van der Waals surface area contributed by atoms with Crippen molar-refractivity contribution in [2.45, 2.75) is 0 Å². The molecule has 0 heterocycles. The fourth-order valence-corrected chi connectivity index (χ4v) is 1.86. The Hall–Kier alpha value is -3.13. The Kier molecular flexibility index (Phi) is 5.69. The third-order valence-electron chi connectivity index (χ3n) is 2.84. The molecule has 2 N–H and O–H groups in total. The van der Waals surface area contributed by atoms with E-state index in [4.69, 9.17) is 16.3 Å². The number of hydrogen-bond donors (Lipinski definition) is 2. The lowest BCUT2D eigenvalue weighted by Crippen LogP contribution is -2.44. The van der Waals surface area contributed by atoms with Gasteiger partial charge in [0.1, 0.15) is 11.3 Å². The molecule has 2 rings (SSSR count). The van der Waals surface area contributed by atoms with Crippen LogP contribution in [0, 0.1) is 10.1 Å². The molecule has 124 valence electrons. The highest BCUT2D eigenvalue weighted by Crippen LogP contribution is 2.17. The average molecular weight is 350 g/mol. The summed E-state index contributed by atoms with van der Waals surface area (Å²) in [4.78, 5) is 33.7. The second-order valence-corrected chi connectivity index (χ2v) is 4.96. The minimum atomic E-state index is -0.804. The zero-order valence-electron chi connectivity index (χ0n) is 12.2. The number of carbonyl (C=O) groups excluding carboxylic acids is 2. The summed E-state index contributed by atoms with van der Waals surface area (Å²) in [6.45, 7) is -0.348. The minimum Gasteiger partial charge on any atom is -0.484 e. The average Bonchev–Trinajstić information content (AvgIpc) is 2.59. The van der Waals surface area contributed by atoms with Crippen LogP contribution in [-0.2, 0) is 4.79 Å². The summed E-state index contributed by atoms with van der Waals surface area (Å²) in [5, 5.41) is 11.4. The molecule has 24 heavy (non-hydrogen) atoms. The Morgan fingerprint density at radius 1 is 1.08 bits per heavy atom. The third-order valence-corrected chi connectivity index (χ3v) is 3.10. The number of nitro benzene ring substituents is 1. The molecule has 9 heteroatoms. The van der Waals surface area contributed by atoms with Crippen molar-refractivity contribution in [2.75, 3.05) is 6.61 Å². The van der Waals surface area contributed by atoms with E-state index in [9.17, 15) is 19.7 Å². The number of nitrogens with one attached hydrogen (secondary N) is 2. The van der Waals surface area contributed by atoms with Crippen LogP contribution in [0.2, 0.25) is 5.02 Å². The molecule has 8 nitrogen and oxygen atoms in total. The van der Waals surface area contributed by atoms with Crippen molar-refractivity contribution in [1.29, 1.82) is 0 Å². The number of nitro groups is 1. The highest BCUT2D eigenvalue weighted by atomic mass is 35.5. The lowest BCUT2D eigenvalue weighted by Gasteiger charge is -2.09. The van der Waals surface area contributed by atoms with E-state index in [1.165, 1.54) is 24.3 Å². The summed E-state index contributed by atoms with van der Waals surface area (Å²) in [5.41, 5.74) is 3.69. The SMILES string of the molecule is O=C(COc1ccc(Cl)cc1)NNC(=O)c1ccccc1[N+](=O)[O-]. The maximum absolute atomic E-state index is 11.9. The molecule has 0 saturated heterocycles. The van der Waals surface area contributed by atoms with Crippen LogP contribution in [0.4, 0.5) is 5.69 Å².